The van der Waals surface area contributed by atoms with Crippen molar-refractivity contribution in [3.8, 4) is 0 Å². The summed E-state index contributed by atoms with van der Waals surface area (Å²) in [6.45, 7) is 0. The van der Waals surface area contributed by atoms with Crippen LogP contribution >= 0.6 is 0 Å². The number of amides is 3. The maximum Gasteiger partial charge on any atom is 0.255 e. The molecule has 1 N–H and O–H groups in total. The maximum atomic E-state index is 12.7. The van der Waals surface area contributed by atoms with E-state index in [4.69, 9.17) is 0 Å². The van der Waals surface area contributed by atoms with E-state index in [1.54, 1.807) is 4.90 Å². The predicted molar refractivity (Wildman–Crippen MR) is 74.5 cm³/mol. The standard InChI is InChI=1S/C16H16N2O3/c19-13-8-7-12(15(20)17-13)18-11-6-2-4-9-3-1-5-10(14(9)11)16(18)21/h1,3,5,11-12H,2,4,6-8H2,(H,17,19,20). The van der Waals surface area contributed by atoms with Crippen LogP contribution in [-0.4, -0.2) is 28.7 Å². The molecule has 0 saturated carbocycles. The van der Waals surface area contributed by atoms with Gasteiger partial charge < -0.3 is 4.90 Å². The number of aryl methyl sites for hydroxylation is 1. The quantitative estimate of drug-likeness (QED) is 0.791. The van der Waals surface area contributed by atoms with E-state index in [1.165, 1.54) is 5.56 Å². The summed E-state index contributed by atoms with van der Waals surface area (Å²) < 4.78 is 0. The molecule has 4 rings (SSSR count). The second kappa shape index (κ2) is 4.41. The Balaban J connectivity index is 1.75. The van der Waals surface area contributed by atoms with Crippen molar-refractivity contribution < 1.29 is 14.4 Å². The molecule has 0 bridgehead atoms. The van der Waals surface area contributed by atoms with Gasteiger partial charge in [-0.2, -0.15) is 0 Å². The Bertz CT molecular complexity index is 667. The lowest BCUT2D eigenvalue weighted by molar-refractivity contribution is -0.137. The Morgan fingerprint density at radius 3 is 2.71 bits per heavy atom. The summed E-state index contributed by atoms with van der Waals surface area (Å²) in [5.41, 5.74) is 3.08. The fraction of sp³-hybridized carbons (Fsp3) is 0.438. The average molecular weight is 284 g/mol. The lowest BCUT2D eigenvalue weighted by Gasteiger charge is -2.36. The van der Waals surface area contributed by atoms with Gasteiger partial charge >= 0.3 is 0 Å². The minimum absolute atomic E-state index is 0.00130. The normalized spacial score (nSPS) is 27.6. The smallest absolute Gasteiger partial charge is 0.255 e. The largest absolute Gasteiger partial charge is 0.320 e. The zero-order valence-electron chi connectivity index (χ0n) is 11.6. The SMILES string of the molecule is O=C1CCC(N2C(=O)c3cccc4c3C2CCC4)C(=O)N1. The lowest BCUT2D eigenvalue weighted by Crippen LogP contribution is -2.53. The van der Waals surface area contributed by atoms with Gasteiger partial charge in [-0.15, -0.1) is 0 Å². The van der Waals surface area contributed by atoms with Crippen molar-refractivity contribution in [2.45, 2.75) is 44.2 Å². The second-order valence-corrected chi connectivity index (χ2v) is 5.97. The minimum Gasteiger partial charge on any atom is -0.320 e. The molecule has 1 aromatic rings. The summed E-state index contributed by atoms with van der Waals surface area (Å²) in [5.74, 6) is -0.641. The molecule has 0 spiro atoms. The first kappa shape index (κ1) is 12.6. The molecule has 2 aliphatic heterocycles. The number of carbonyl (C=O) groups is 3. The molecule has 108 valence electrons. The zero-order chi connectivity index (χ0) is 14.6. The third-order valence-corrected chi connectivity index (χ3v) is 4.80. The fourth-order valence-electron chi connectivity index (χ4n) is 3.91. The average Bonchev–Trinajstić information content (AvgIpc) is 2.75. The highest BCUT2D eigenvalue weighted by Gasteiger charge is 2.46. The van der Waals surface area contributed by atoms with Gasteiger partial charge in [0.1, 0.15) is 6.04 Å². The number of nitrogens with zero attached hydrogens (tertiary/aromatic N) is 1. The van der Waals surface area contributed by atoms with Crippen LogP contribution in [0.4, 0.5) is 0 Å². The molecule has 0 aromatic heterocycles. The molecule has 5 nitrogen and oxygen atoms in total. The molecule has 1 fully saturated rings. The fourth-order valence-corrected chi connectivity index (χ4v) is 3.91. The molecule has 2 atom stereocenters. The molecule has 3 aliphatic rings. The number of imide groups is 1. The molecule has 1 aromatic carbocycles. The van der Waals surface area contributed by atoms with Crippen LogP contribution < -0.4 is 5.32 Å². The first-order chi connectivity index (χ1) is 10.2. The van der Waals surface area contributed by atoms with E-state index in [1.807, 2.05) is 12.1 Å². The van der Waals surface area contributed by atoms with Gasteiger partial charge in [-0.1, -0.05) is 12.1 Å². The van der Waals surface area contributed by atoms with E-state index in [0.717, 1.165) is 30.4 Å². The molecule has 3 amide bonds. The van der Waals surface area contributed by atoms with Crippen molar-refractivity contribution in [3.63, 3.8) is 0 Å². The molecular weight excluding hydrogens is 268 g/mol. The highest BCUT2D eigenvalue weighted by atomic mass is 16.2. The summed E-state index contributed by atoms with van der Waals surface area (Å²) in [5, 5.41) is 2.36. The number of rotatable bonds is 1. The van der Waals surface area contributed by atoms with E-state index >= 15 is 0 Å². The van der Waals surface area contributed by atoms with Crippen molar-refractivity contribution in [3.05, 3.63) is 34.9 Å². The van der Waals surface area contributed by atoms with Gasteiger partial charge in [-0.3, -0.25) is 19.7 Å². The zero-order valence-corrected chi connectivity index (χ0v) is 11.6. The maximum absolute atomic E-state index is 12.7. The second-order valence-electron chi connectivity index (χ2n) is 5.97. The van der Waals surface area contributed by atoms with Crippen LogP contribution in [0.5, 0.6) is 0 Å². The summed E-state index contributed by atoms with van der Waals surface area (Å²) in [6, 6.07) is 5.33. The number of nitrogens with one attached hydrogen (secondary N) is 1. The van der Waals surface area contributed by atoms with E-state index < -0.39 is 6.04 Å². The van der Waals surface area contributed by atoms with Crippen molar-refractivity contribution in [2.75, 3.05) is 0 Å². The number of carbonyl (C=O) groups excluding carboxylic acids is 3. The van der Waals surface area contributed by atoms with Crippen molar-refractivity contribution in [2.24, 2.45) is 0 Å². The van der Waals surface area contributed by atoms with Gasteiger partial charge in [0.25, 0.3) is 5.91 Å². The summed E-state index contributed by atoms with van der Waals surface area (Å²) in [6.07, 6.45) is 3.65. The number of hydrogen-bond acceptors (Lipinski definition) is 3. The van der Waals surface area contributed by atoms with Crippen LogP contribution in [-0.2, 0) is 16.0 Å². The summed E-state index contributed by atoms with van der Waals surface area (Å²) in [4.78, 5) is 37.9. The van der Waals surface area contributed by atoms with E-state index in [-0.39, 0.29) is 23.8 Å². The van der Waals surface area contributed by atoms with Crippen LogP contribution in [0, 0.1) is 0 Å². The Labute approximate surface area is 122 Å². The van der Waals surface area contributed by atoms with Gasteiger partial charge in [0, 0.05) is 12.0 Å². The number of piperidine rings is 1. The van der Waals surface area contributed by atoms with Crippen LogP contribution in [0.2, 0.25) is 0 Å². The van der Waals surface area contributed by atoms with Crippen LogP contribution in [0.15, 0.2) is 18.2 Å². The molecule has 0 radical (unpaired) electrons. The topological polar surface area (TPSA) is 66.5 Å². The molecule has 21 heavy (non-hydrogen) atoms. The predicted octanol–water partition coefficient (Wildman–Crippen LogP) is 1.32. The first-order valence-corrected chi connectivity index (χ1v) is 7.45. The van der Waals surface area contributed by atoms with Crippen molar-refractivity contribution in [1.29, 1.82) is 0 Å². The number of hydrogen-bond donors (Lipinski definition) is 1. The van der Waals surface area contributed by atoms with Crippen LogP contribution in [0.1, 0.15) is 53.2 Å². The van der Waals surface area contributed by atoms with Crippen molar-refractivity contribution >= 4 is 17.7 Å². The third kappa shape index (κ3) is 1.73. The Hall–Kier alpha value is -2.17. The summed E-state index contributed by atoms with van der Waals surface area (Å²) >= 11 is 0. The third-order valence-electron chi connectivity index (χ3n) is 4.80. The van der Waals surface area contributed by atoms with Crippen molar-refractivity contribution in [1.82, 2.24) is 10.2 Å². The number of benzene rings is 1. The molecule has 5 heteroatoms. The molecular formula is C16H16N2O3. The van der Waals surface area contributed by atoms with Gasteiger partial charge in [0.2, 0.25) is 11.8 Å². The van der Waals surface area contributed by atoms with Gasteiger partial charge in [-0.05, 0) is 42.9 Å². The monoisotopic (exact) mass is 284 g/mol. The van der Waals surface area contributed by atoms with E-state index in [9.17, 15) is 14.4 Å². The molecule has 1 aliphatic carbocycles. The first-order valence-electron chi connectivity index (χ1n) is 7.45. The molecule has 2 heterocycles. The van der Waals surface area contributed by atoms with Gasteiger partial charge in [-0.25, -0.2) is 0 Å². The van der Waals surface area contributed by atoms with Gasteiger partial charge in [0.05, 0.1) is 6.04 Å². The Morgan fingerprint density at radius 1 is 1.05 bits per heavy atom. The van der Waals surface area contributed by atoms with E-state index in [2.05, 4.69) is 11.4 Å². The van der Waals surface area contributed by atoms with Crippen LogP contribution in [0.25, 0.3) is 0 Å². The minimum atomic E-state index is -0.515. The highest BCUT2D eigenvalue weighted by Crippen LogP contribution is 2.44. The molecule has 1 saturated heterocycles. The molecule has 2 unspecified atom stereocenters. The lowest BCUT2D eigenvalue weighted by atomic mass is 9.86. The van der Waals surface area contributed by atoms with Crippen LogP contribution in [0.3, 0.4) is 0 Å². The van der Waals surface area contributed by atoms with E-state index in [0.29, 0.717) is 12.8 Å². The Kier molecular flexibility index (Phi) is 2.64. The Morgan fingerprint density at radius 2 is 1.90 bits per heavy atom. The van der Waals surface area contributed by atoms with Gasteiger partial charge in [0.15, 0.2) is 0 Å². The highest BCUT2D eigenvalue weighted by molar-refractivity contribution is 6.06. The summed E-state index contributed by atoms with van der Waals surface area (Å²) in [7, 11) is 0.